The van der Waals surface area contributed by atoms with Gasteiger partial charge in [0.1, 0.15) is 10.7 Å². The minimum Gasteiger partial charge on any atom is -0.374 e. The van der Waals surface area contributed by atoms with Gasteiger partial charge in [-0.05, 0) is 25.1 Å². The van der Waals surface area contributed by atoms with Crippen molar-refractivity contribution in [3.8, 4) is 0 Å². The summed E-state index contributed by atoms with van der Waals surface area (Å²) in [7, 11) is -3.88. The molecule has 112 valence electrons. The molecule has 1 aliphatic rings. The number of hydrogen-bond acceptors (Lipinski definition) is 3. The van der Waals surface area contributed by atoms with E-state index in [1.165, 1.54) is 10.4 Å². The Labute approximate surface area is 127 Å². The largest absolute Gasteiger partial charge is 0.374 e. The molecular weight excluding hydrogens is 328 g/mol. The second-order valence-electron chi connectivity index (χ2n) is 4.61. The highest BCUT2D eigenvalue weighted by Gasteiger charge is 2.36. The van der Waals surface area contributed by atoms with E-state index in [1.54, 1.807) is 6.92 Å². The molecule has 4 nitrogen and oxygen atoms in total. The Bertz CT molecular complexity index is 596. The van der Waals surface area contributed by atoms with Gasteiger partial charge in [-0.15, -0.1) is 11.6 Å². The lowest BCUT2D eigenvalue weighted by Crippen LogP contribution is -2.51. The zero-order valence-corrected chi connectivity index (χ0v) is 13.1. The number of benzene rings is 1. The molecule has 2 rings (SSSR count). The minimum absolute atomic E-state index is 0.00693. The van der Waals surface area contributed by atoms with E-state index < -0.39 is 15.8 Å². The van der Waals surface area contributed by atoms with Crippen LogP contribution in [0.1, 0.15) is 6.92 Å². The number of ether oxygens (including phenoxy) is 1. The van der Waals surface area contributed by atoms with Crippen molar-refractivity contribution < 1.29 is 17.5 Å². The average molecular weight is 342 g/mol. The van der Waals surface area contributed by atoms with Crippen LogP contribution in [0.25, 0.3) is 0 Å². The molecule has 1 aliphatic heterocycles. The Hall–Kier alpha value is -0.400. The van der Waals surface area contributed by atoms with Crippen LogP contribution in [0.3, 0.4) is 0 Å². The summed E-state index contributed by atoms with van der Waals surface area (Å²) in [5.41, 5.74) is 0. The smallest absolute Gasteiger partial charge is 0.245 e. The number of halogens is 3. The minimum atomic E-state index is -3.88. The second kappa shape index (κ2) is 6.15. The standard InChI is InChI=1S/C12H14Cl2FNO3S/c1-8-7-19-10(5-13)6-16(8)20(17,18)12-4-9(15)2-3-11(12)14/h2-4,8,10H,5-7H2,1H3. The van der Waals surface area contributed by atoms with E-state index in [4.69, 9.17) is 27.9 Å². The molecule has 1 aromatic carbocycles. The fourth-order valence-corrected chi connectivity index (χ4v) is 4.34. The molecule has 1 heterocycles. The van der Waals surface area contributed by atoms with Crippen molar-refractivity contribution in [1.82, 2.24) is 4.31 Å². The lowest BCUT2D eigenvalue weighted by atomic mass is 10.2. The maximum Gasteiger partial charge on any atom is 0.245 e. The lowest BCUT2D eigenvalue weighted by molar-refractivity contribution is -0.0152. The zero-order valence-electron chi connectivity index (χ0n) is 10.7. The van der Waals surface area contributed by atoms with Gasteiger partial charge in [-0.25, -0.2) is 12.8 Å². The van der Waals surface area contributed by atoms with E-state index in [9.17, 15) is 12.8 Å². The predicted octanol–water partition coefficient (Wildman–Crippen LogP) is 2.50. The van der Waals surface area contributed by atoms with Crippen molar-refractivity contribution in [2.45, 2.75) is 24.0 Å². The first-order chi connectivity index (χ1) is 9.36. The summed E-state index contributed by atoms with van der Waals surface area (Å²) in [6.07, 6.45) is -0.380. The quantitative estimate of drug-likeness (QED) is 0.793. The van der Waals surface area contributed by atoms with Crippen LogP contribution in [0.5, 0.6) is 0 Å². The summed E-state index contributed by atoms with van der Waals surface area (Å²) < 4.78 is 45.2. The van der Waals surface area contributed by atoms with E-state index in [1.807, 2.05) is 0 Å². The van der Waals surface area contributed by atoms with Crippen LogP contribution in [0.4, 0.5) is 4.39 Å². The molecule has 1 aromatic rings. The van der Waals surface area contributed by atoms with Crippen molar-refractivity contribution in [2.24, 2.45) is 0 Å². The second-order valence-corrected chi connectivity index (χ2v) is 7.18. The van der Waals surface area contributed by atoms with Gasteiger partial charge in [0.2, 0.25) is 10.0 Å². The van der Waals surface area contributed by atoms with Gasteiger partial charge in [-0.1, -0.05) is 11.6 Å². The van der Waals surface area contributed by atoms with Gasteiger partial charge in [-0.2, -0.15) is 4.31 Å². The molecular formula is C12H14Cl2FNO3S. The summed E-state index contributed by atoms with van der Waals surface area (Å²) >= 11 is 11.6. The normalized spacial score (nSPS) is 24.8. The molecule has 0 bridgehead atoms. The number of rotatable bonds is 3. The monoisotopic (exact) mass is 341 g/mol. The SMILES string of the molecule is CC1COC(CCl)CN1S(=O)(=O)c1cc(F)ccc1Cl. The molecule has 0 saturated carbocycles. The first-order valence-corrected chi connectivity index (χ1v) is 8.36. The Morgan fingerprint density at radius 2 is 2.20 bits per heavy atom. The van der Waals surface area contributed by atoms with E-state index in [2.05, 4.69) is 0 Å². The highest BCUT2D eigenvalue weighted by molar-refractivity contribution is 7.89. The van der Waals surface area contributed by atoms with Crippen LogP contribution in [0, 0.1) is 5.82 Å². The molecule has 0 spiro atoms. The van der Waals surface area contributed by atoms with E-state index in [-0.39, 0.29) is 41.1 Å². The first kappa shape index (κ1) is 16.0. The Morgan fingerprint density at radius 1 is 1.50 bits per heavy atom. The maximum absolute atomic E-state index is 13.3. The van der Waals surface area contributed by atoms with E-state index >= 15 is 0 Å². The molecule has 20 heavy (non-hydrogen) atoms. The maximum atomic E-state index is 13.3. The van der Waals surface area contributed by atoms with Crippen LogP contribution in [-0.2, 0) is 14.8 Å². The zero-order chi connectivity index (χ0) is 14.9. The van der Waals surface area contributed by atoms with Crippen LogP contribution in [0.15, 0.2) is 23.1 Å². The van der Waals surface area contributed by atoms with Crippen molar-refractivity contribution >= 4 is 33.2 Å². The van der Waals surface area contributed by atoms with Crippen LogP contribution in [0.2, 0.25) is 5.02 Å². The summed E-state index contributed by atoms with van der Waals surface area (Å²) in [5, 5.41) is -0.00693. The highest BCUT2D eigenvalue weighted by atomic mass is 35.5. The molecule has 0 radical (unpaired) electrons. The molecule has 2 atom stereocenters. The molecule has 0 N–H and O–H groups in total. The molecule has 0 amide bonds. The topological polar surface area (TPSA) is 46.6 Å². The fraction of sp³-hybridized carbons (Fsp3) is 0.500. The fourth-order valence-electron chi connectivity index (χ4n) is 2.02. The Balaban J connectivity index is 2.40. The van der Waals surface area contributed by atoms with E-state index in [0.29, 0.717) is 0 Å². The van der Waals surface area contributed by atoms with Crippen molar-refractivity contribution in [3.05, 3.63) is 29.0 Å². The number of alkyl halides is 1. The molecule has 1 saturated heterocycles. The lowest BCUT2D eigenvalue weighted by Gasteiger charge is -2.36. The van der Waals surface area contributed by atoms with Gasteiger partial charge in [0.05, 0.1) is 17.7 Å². The Kier molecular flexibility index (Phi) is 4.92. The van der Waals surface area contributed by atoms with Crippen LogP contribution >= 0.6 is 23.2 Å². The van der Waals surface area contributed by atoms with Crippen molar-refractivity contribution in [3.63, 3.8) is 0 Å². The Morgan fingerprint density at radius 3 is 2.85 bits per heavy atom. The summed E-state index contributed by atoms with van der Waals surface area (Å²) in [6, 6.07) is 2.91. The molecule has 2 unspecified atom stereocenters. The molecule has 8 heteroatoms. The first-order valence-electron chi connectivity index (χ1n) is 6.00. The van der Waals surface area contributed by atoms with Crippen LogP contribution < -0.4 is 0 Å². The molecule has 0 aromatic heterocycles. The van der Waals surface area contributed by atoms with Gasteiger partial charge >= 0.3 is 0 Å². The van der Waals surface area contributed by atoms with Crippen molar-refractivity contribution in [1.29, 1.82) is 0 Å². The summed E-state index contributed by atoms with van der Waals surface area (Å²) in [5.74, 6) is -0.460. The predicted molar refractivity (Wildman–Crippen MR) is 75.2 cm³/mol. The molecule has 0 aliphatic carbocycles. The van der Waals surface area contributed by atoms with E-state index in [0.717, 1.165) is 12.1 Å². The van der Waals surface area contributed by atoms with Gasteiger partial charge < -0.3 is 4.74 Å². The number of hydrogen-bond donors (Lipinski definition) is 0. The van der Waals surface area contributed by atoms with Gasteiger partial charge in [-0.3, -0.25) is 0 Å². The van der Waals surface area contributed by atoms with Crippen molar-refractivity contribution in [2.75, 3.05) is 19.0 Å². The molecule has 1 fully saturated rings. The third-order valence-corrected chi connectivity index (χ3v) is 5.91. The third kappa shape index (κ3) is 3.09. The number of sulfonamides is 1. The number of nitrogens with zero attached hydrogens (tertiary/aromatic N) is 1. The summed E-state index contributed by atoms with van der Waals surface area (Å²) in [6.45, 7) is 2.08. The van der Waals surface area contributed by atoms with Gasteiger partial charge in [0, 0.05) is 18.5 Å². The third-order valence-electron chi connectivity index (χ3n) is 3.10. The highest BCUT2D eigenvalue weighted by Crippen LogP contribution is 2.28. The summed E-state index contributed by atoms with van der Waals surface area (Å²) in [4.78, 5) is -0.235. The average Bonchev–Trinajstić information content (AvgIpc) is 2.41. The van der Waals surface area contributed by atoms with Gasteiger partial charge in [0.15, 0.2) is 0 Å². The van der Waals surface area contributed by atoms with Gasteiger partial charge in [0.25, 0.3) is 0 Å². The van der Waals surface area contributed by atoms with Crippen LogP contribution in [-0.4, -0.2) is 43.9 Å². The number of morpholine rings is 1.